The van der Waals surface area contributed by atoms with Crippen LogP contribution in [-0.2, 0) is 0 Å². The Morgan fingerprint density at radius 3 is 2.42 bits per heavy atom. The highest BCUT2D eigenvalue weighted by atomic mass is 16.4. The van der Waals surface area contributed by atoms with Gasteiger partial charge in [-0.25, -0.2) is 4.79 Å². The molecule has 0 aromatic heterocycles. The van der Waals surface area contributed by atoms with Gasteiger partial charge in [-0.1, -0.05) is 52.3 Å². The van der Waals surface area contributed by atoms with Gasteiger partial charge in [0.05, 0.1) is 17.8 Å². The van der Waals surface area contributed by atoms with Crippen molar-refractivity contribution in [1.29, 1.82) is 0 Å². The predicted octanol–water partition coefficient (Wildman–Crippen LogP) is 7.14. The molecular formula is C34H50O4. The van der Waals surface area contributed by atoms with E-state index in [-0.39, 0.29) is 17.6 Å². The van der Waals surface area contributed by atoms with Gasteiger partial charge in [0.25, 0.3) is 0 Å². The van der Waals surface area contributed by atoms with E-state index in [4.69, 9.17) is 0 Å². The minimum atomic E-state index is -0.804. The average molecular weight is 523 g/mol. The molecule has 0 amide bonds. The van der Waals surface area contributed by atoms with Gasteiger partial charge in [0, 0.05) is 0 Å². The van der Waals surface area contributed by atoms with Gasteiger partial charge >= 0.3 is 5.97 Å². The Morgan fingerprint density at radius 2 is 1.68 bits per heavy atom. The maximum Gasteiger partial charge on any atom is 0.335 e. The molecular weight excluding hydrogens is 472 g/mol. The fourth-order valence-electron chi connectivity index (χ4n) is 11.5. The summed E-state index contributed by atoms with van der Waals surface area (Å²) in [6, 6.07) is 7.61. The lowest BCUT2D eigenvalue weighted by molar-refractivity contribution is -0.203. The lowest BCUT2D eigenvalue weighted by Gasteiger charge is -2.64. The topological polar surface area (TPSA) is 77.8 Å². The molecule has 0 radical (unpaired) electrons. The predicted molar refractivity (Wildman–Crippen MR) is 150 cm³/mol. The van der Waals surface area contributed by atoms with Crippen LogP contribution in [0.5, 0.6) is 0 Å². The summed E-state index contributed by atoms with van der Waals surface area (Å²) in [6.45, 7) is 9.81. The molecule has 5 aliphatic rings. The number of benzene rings is 1. The van der Waals surface area contributed by atoms with E-state index in [9.17, 15) is 20.1 Å². The molecule has 0 bridgehead atoms. The van der Waals surface area contributed by atoms with E-state index >= 15 is 0 Å². The molecule has 6 rings (SSSR count). The average Bonchev–Trinajstić information content (AvgIpc) is 3.55. The van der Waals surface area contributed by atoms with Crippen molar-refractivity contribution in [3.8, 4) is 0 Å². The number of aromatic carboxylic acids is 1. The molecule has 4 nitrogen and oxygen atoms in total. The SMILES string of the molecule is CC[C@H]1[C@@H](O)C2C3CCC([C@H](C)CC4CC4c4ccccc4C(=O)O)[C@@]3(C)CCC2[C@@]2(C)CC[C@@H](O)C[C@@H]12. The summed E-state index contributed by atoms with van der Waals surface area (Å²) >= 11 is 0. The molecule has 5 saturated carbocycles. The second-order valence-electron chi connectivity index (χ2n) is 14.8. The maximum atomic E-state index is 11.9. The first-order valence-electron chi connectivity index (χ1n) is 15.8. The Labute approximate surface area is 229 Å². The van der Waals surface area contributed by atoms with Gasteiger partial charge in [0.1, 0.15) is 0 Å². The smallest absolute Gasteiger partial charge is 0.335 e. The van der Waals surface area contributed by atoms with Crippen molar-refractivity contribution in [3.05, 3.63) is 35.4 Å². The number of hydrogen-bond acceptors (Lipinski definition) is 3. The van der Waals surface area contributed by atoms with Gasteiger partial charge in [-0.15, -0.1) is 0 Å². The van der Waals surface area contributed by atoms with Crippen molar-refractivity contribution in [2.24, 2.45) is 58.2 Å². The molecule has 210 valence electrons. The van der Waals surface area contributed by atoms with E-state index in [1.165, 1.54) is 32.1 Å². The van der Waals surface area contributed by atoms with E-state index < -0.39 is 5.97 Å². The fraction of sp³-hybridized carbons (Fsp3) is 0.794. The molecule has 5 fully saturated rings. The van der Waals surface area contributed by atoms with Gasteiger partial charge in [0.2, 0.25) is 0 Å². The number of carbonyl (C=O) groups is 1. The molecule has 0 saturated heterocycles. The van der Waals surface area contributed by atoms with E-state index in [2.05, 4.69) is 27.7 Å². The monoisotopic (exact) mass is 522 g/mol. The Hall–Kier alpha value is -1.39. The van der Waals surface area contributed by atoms with Gasteiger partial charge in [-0.3, -0.25) is 0 Å². The molecule has 0 aliphatic heterocycles. The summed E-state index contributed by atoms with van der Waals surface area (Å²) < 4.78 is 0. The van der Waals surface area contributed by atoms with Gasteiger partial charge in [-0.05, 0) is 134 Å². The lowest BCUT2D eigenvalue weighted by Crippen LogP contribution is -2.62. The van der Waals surface area contributed by atoms with Crippen molar-refractivity contribution in [2.45, 2.75) is 110 Å². The van der Waals surface area contributed by atoms with Crippen LogP contribution in [0.4, 0.5) is 0 Å². The third kappa shape index (κ3) is 4.02. The standard InChI is InChI=1S/C34H50O4/c1-5-22-29-18-21(35)12-14-34(29,4)28-13-15-33(3)26(10-11-27(33)30(28)31(22)36)19(2)16-20-17-25(20)23-8-6-7-9-24(23)32(37)38/h6-9,19-22,25-31,35-36H,5,10-18H2,1-4H3,(H,37,38)/t19-,20?,21-,22-,25?,26?,27?,28?,29+,30?,31-,33-,34-/m1/s1. The van der Waals surface area contributed by atoms with Gasteiger partial charge in [0.15, 0.2) is 0 Å². The summed E-state index contributed by atoms with van der Waals surface area (Å²) in [5.41, 5.74) is 2.07. The number of aliphatic hydroxyl groups excluding tert-OH is 2. The highest BCUT2D eigenvalue weighted by Crippen LogP contribution is 2.70. The number of hydrogen-bond donors (Lipinski definition) is 3. The third-order valence-corrected chi connectivity index (χ3v) is 13.3. The Bertz CT molecular complexity index is 1050. The largest absolute Gasteiger partial charge is 0.478 e. The fourth-order valence-corrected chi connectivity index (χ4v) is 11.5. The Kier molecular flexibility index (Phi) is 6.78. The number of carboxylic acid groups (broad SMARTS) is 1. The zero-order valence-corrected chi connectivity index (χ0v) is 24.0. The van der Waals surface area contributed by atoms with Crippen LogP contribution in [0.25, 0.3) is 0 Å². The van der Waals surface area contributed by atoms with E-state index in [1.54, 1.807) is 6.07 Å². The zero-order valence-electron chi connectivity index (χ0n) is 24.0. The second kappa shape index (κ2) is 9.61. The van der Waals surface area contributed by atoms with Crippen LogP contribution in [0, 0.1) is 58.2 Å². The number of aliphatic hydroxyl groups is 2. The molecule has 3 N–H and O–H groups in total. The van der Waals surface area contributed by atoms with Crippen molar-refractivity contribution in [1.82, 2.24) is 0 Å². The first kappa shape index (κ1) is 26.8. The molecule has 38 heavy (non-hydrogen) atoms. The second-order valence-corrected chi connectivity index (χ2v) is 14.8. The highest BCUT2D eigenvalue weighted by Gasteiger charge is 2.65. The summed E-state index contributed by atoms with van der Waals surface area (Å²) in [5.74, 6) is 3.88. The van der Waals surface area contributed by atoms with Crippen molar-refractivity contribution in [2.75, 3.05) is 0 Å². The molecule has 4 heteroatoms. The van der Waals surface area contributed by atoms with Crippen LogP contribution in [0.1, 0.15) is 114 Å². The number of rotatable bonds is 6. The van der Waals surface area contributed by atoms with Crippen LogP contribution in [0.3, 0.4) is 0 Å². The summed E-state index contributed by atoms with van der Waals surface area (Å²) in [4.78, 5) is 11.8. The third-order valence-electron chi connectivity index (χ3n) is 13.3. The van der Waals surface area contributed by atoms with Crippen molar-refractivity contribution in [3.63, 3.8) is 0 Å². The minimum Gasteiger partial charge on any atom is -0.478 e. The molecule has 0 heterocycles. The summed E-state index contributed by atoms with van der Waals surface area (Å²) in [6.07, 6.45) is 10.9. The van der Waals surface area contributed by atoms with Crippen LogP contribution in [0.15, 0.2) is 24.3 Å². The molecule has 1 aromatic rings. The molecule has 6 unspecified atom stereocenters. The molecule has 1 aromatic carbocycles. The summed E-state index contributed by atoms with van der Waals surface area (Å²) in [5, 5.41) is 32.2. The summed E-state index contributed by atoms with van der Waals surface area (Å²) in [7, 11) is 0. The molecule has 13 atom stereocenters. The number of carboxylic acids is 1. The Balaban J connectivity index is 1.19. The lowest BCUT2D eigenvalue weighted by atomic mass is 9.41. The maximum absolute atomic E-state index is 11.9. The Morgan fingerprint density at radius 1 is 0.974 bits per heavy atom. The van der Waals surface area contributed by atoms with E-state index in [0.717, 1.165) is 37.7 Å². The minimum absolute atomic E-state index is 0.190. The van der Waals surface area contributed by atoms with Crippen molar-refractivity contribution < 1.29 is 20.1 Å². The quantitative estimate of drug-likeness (QED) is 0.371. The zero-order chi connectivity index (χ0) is 27.0. The van der Waals surface area contributed by atoms with Crippen LogP contribution in [-0.4, -0.2) is 33.5 Å². The van der Waals surface area contributed by atoms with Crippen molar-refractivity contribution >= 4 is 5.97 Å². The molecule has 0 spiro atoms. The highest BCUT2D eigenvalue weighted by molar-refractivity contribution is 5.89. The number of fused-ring (bicyclic) bond motifs is 5. The van der Waals surface area contributed by atoms with Gasteiger partial charge < -0.3 is 15.3 Å². The van der Waals surface area contributed by atoms with E-state index in [0.29, 0.717) is 64.2 Å². The first-order valence-corrected chi connectivity index (χ1v) is 15.8. The normalized spacial score (nSPS) is 48.5. The first-order chi connectivity index (χ1) is 18.1. The van der Waals surface area contributed by atoms with Crippen LogP contribution >= 0.6 is 0 Å². The van der Waals surface area contributed by atoms with Crippen LogP contribution < -0.4 is 0 Å². The van der Waals surface area contributed by atoms with Gasteiger partial charge in [-0.2, -0.15) is 0 Å². The molecule has 5 aliphatic carbocycles. The van der Waals surface area contributed by atoms with E-state index in [1.807, 2.05) is 18.2 Å². The van der Waals surface area contributed by atoms with Crippen LogP contribution in [0.2, 0.25) is 0 Å².